The van der Waals surface area contributed by atoms with Crippen LogP contribution in [0.4, 0.5) is 5.82 Å². The molecule has 0 radical (unpaired) electrons. The van der Waals surface area contributed by atoms with Crippen molar-refractivity contribution in [2.24, 2.45) is 0 Å². The molecule has 0 amide bonds. The van der Waals surface area contributed by atoms with E-state index in [9.17, 15) is 0 Å². The Labute approximate surface area is 151 Å². The standard InChI is InChI=1S/C19H20N4OS/c1-14-13-25-19(21-14)16-12-23(9-10-24-16)18-7-8-20-17(22-18)11-15-5-3-2-4-6-15/h2-8,13,16H,9-12H2,1H3. The van der Waals surface area contributed by atoms with Gasteiger partial charge in [0, 0.05) is 30.2 Å². The minimum atomic E-state index is 0.0139. The van der Waals surface area contributed by atoms with Crippen LogP contribution < -0.4 is 4.90 Å². The van der Waals surface area contributed by atoms with Crippen LogP contribution in [0.25, 0.3) is 0 Å². The van der Waals surface area contributed by atoms with Crippen molar-refractivity contribution >= 4 is 17.2 Å². The van der Waals surface area contributed by atoms with Crippen LogP contribution in [0, 0.1) is 6.92 Å². The highest BCUT2D eigenvalue weighted by Gasteiger charge is 2.25. The highest BCUT2D eigenvalue weighted by atomic mass is 32.1. The third-order valence-corrected chi connectivity index (χ3v) is 5.25. The number of anilines is 1. The predicted molar refractivity (Wildman–Crippen MR) is 99.0 cm³/mol. The average Bonchev–Trinajstić information content (AvgIpc) is 3.09. The van der Waals surface area contributed by atoms with Crippen molar-refractivity contribution in [2.45, 2.75) is 19.4 Å². The van der Waals surface area contributed by atoms with E-state index < -0.39 is 0 Å². The number of aromatic nitrogens is 3. The van der Waals surface area contributed by atoms with Crippen LogP contribution in [-0.4, -0.2) is 34.6 Å². The summed E-state index contributed by atoms with van der Waals surface area (Å²) in [5.74, 6) is 1.80. The molecule has 0 saturated carbocycles. The van der Waals surface area contributed by atoms with Crippen LogP contribution in [0.3, 0.4) is 0 Å². The highest BCUT2D eigenvalue weighted by molar-refractivity contribution is 7.09. The van der Waals surface area contributed by atoms with Gasteiger partial charge in [0.1, 0.15) is 22.8 Å². The molecule has 1 fully saturated rings. The zero-order chi connectivity index (χ0) is 17.1. The van der Waals surface area contributed by atoms with Gasteiger partial charge in [-0.15, -0.1) is 11.3 Å². The second-order valence-corrected chi connectivity index (χ2v) is 7.02. The Balaban J connectivity index is 1.50. The van der Waals surface area contributed by atoms with Crippen molar-refractivity contribution in [3.8, 4) is 0 Å². The van der Waals surface area contributed by atoms with Crippen LogP contribution in [-0.2, 0) is 11.2 Å². The second-order valence-electron chi connectivity index (χ2n) is 6.13. The quantitative estimate of drug-likeness (QED) is 0.720. The van der Waals surface area contributed by atoms with Gasteiger partial charge in [0.05, 0.1) is 13.2 Å². The van der Waals surface area contributed by atoms with Crippen LogP contribution in [0.2, 0.25) is 0 Å². The molecule has 128 valence electrons. The Hall–Kier alpha value is -2.31. The third kappa shape index (κ3) is 3.86. The van der Waals surface area contributed by atoms with E-state index in [2.05, 4.69) is 32.4 Å². The molecule has 3 aromatic rings. The van der Waals surface area contributed by atoms with Crippen molar-refractivity contribution in [1.82, 2.24) is 15.0 Å². The molecule has 0 aliphatic carbocycles. The van der Waals surface area contributed by atoms with Gasteiger partial charge in [-0.05, 0) is 18.6 Å². The molecule has 0 N–H and O–H groups in total. The predicted octanol–water partition coefficient (Wildman–Crippen LogP) is 3.41. The van der Waals surface area contributed by atoms with Gasteiger partial charge >= 0.3 is 0 Å². The van der Waals surface area contributed by atoms with Crippen LogP contribution in [0.5, 0.6) is 0 Å². The lowest BCUT2D eigenvalue weighted by Crippen LogP contribution is -2.39. The maximum Gasteiger partial charge on any atom is 0.135 e. The summed E-state index contributed by atoms with van der Waals surface area (Å²) >= 11 is 1.66. The maximum atomic E-state index is 5.92. The summed E-state index contributed by atoms with van der Waals surface area (Å²) in [4.78, 5) is 16.0. The first-order valence-electron chi connectivity index (χ1n) is 8.42. The fourth-order valence-electron chi connectivity index (χ4n) is 2.95. The Morgan fingerprint density at radius 1 is 1.20 bits per heavy atom. The van der Waals surface area contributed by atoms with Gasteiger partial charge < -0.3 is 9.64 Å². The molecule has 5 nitrogen and oxygen atoms in total. The molecule has 1 aromatic carbocycles. The summed E-state index contributed by atoms with van der Waals surface area (Å²) in [6.07, 6.45) is 2.60. The van der Waals surface area contributed by atoms with Gasteiger partial charge in [0.2, 0.25) is 0 Å². The van der Waals surface area contributed by atoms with Gasteiger partial charge in [-0.25, -0.2) is 15.0 Å². The molecule has 0 bridgehead atoms. The van der Waals surface area contributed by atoms with E-state index in [1.807, 2.05) is 37.4 Å². The van der Waals surface area contributed by atoms with E-state index in [-0.39, 0.29) is 6.10 Å². The number of nitrogens with zero attached hydrogens (tertiary/aromatic N) is 4. The summed E-state index contributed by atoms with van der Waals surface area (Å²) in [6.45, 7) is 4.31. The van der Waals surface area contributed by atoms with E-state index in [1.54, 1.807) is 11.3 Å². The number of ether oxygens (including phenoxy) is 1. The van der Waals surface area contributed by atoms with Crippen molar-refractivity contribution in [1.29, 1.82) is 0 Å². The van der Waals surface area contributed by atoms with Crippen molar-refractivity contribution in [3.05, 3.63) is 70.1 Å². The zero-order valence-electron chi connectivity index (χ0n) is 14.1. The fourth-order valence-corrected chi connectivity index (χ4v) is 3.79. The molecule has 4 rings (SSSR count). The van der Waals surface area contributed by atoms with Gasteiger partial charge in [-0.3, -0.25) is 0 Å². The first kappa shape index (κ1) is 16.2. The molecule has 3 heterocycles. The molecular formula is C19H20N4OS. The van der Waals surface area contributed by atoms with Crippen LogP contribution in [0.1, 0.15) is 28.2 Å². The fraction of sp³-hybridized carbons (Fsp3) is 0.316. The summed E-state index contributed by atoms with van der Waals surface area (Å²) in [5.41, 5.74) is 2.27. The molecule has 1 unspecified atom stereocenters. The maximum absolute atomic E-state index is 5.92. The van der Waals surface area contributed by atoms with Gasteiger partial charge in [0.15, 0.2) is 0 Å². The van der Waals surface area contributed by atoms with E-state index in [4.69, 9.17) is 9.72 Å². The number of hydrogen-bond acceptors (Lipinski definition) is 6. The molecular weight excluding hydrogens is 332 g/mol. The van der Waals surface area contributed by atoms with Crippen molar-refractivity contribution in [2.75, 3.05) is 24.6 Å². The third-order valence-electron chi connectivity index (χ3n) is 4.20. The Morgan fingerprint density at radius 3 is 2.88 bits per heavy atom. The first-order valence-corrected chi connectivity index (χ1v) is 9.30. The van der Waals surface area contributed by atoms with Crippen LogP contribution >= 0.6 is 11.3 Å². The zero-order valence-corrected chi connectivity index (χ0v) is 14.9. The van der Waals surface area contributed by atoms with Gasteiger partial charge in [0.25, 0.3) is 0 Å². The Bertz CT molecular complexity index is 836. The number of hydrogen-bond donors (Lipinski definition) is 0. The number of morpholine rings is 1. The number of thiazole rings is 1. The topological polar surface area (TPSA) is 51.1 Å². The molecule has 2 aromatic heterocycles. The normalized spacial score (nSPS) is 17.6. The minimum Gasteiger partial charge on any atom is -0.367 e. The molecule has 1 atom stereocenters. The van der Waals surface area contributed by atoms with Gasteiger partial charge in [-0.1, -0.05) is 30.3 Å². The van der Waals surface area contributed by atoms with E-state index in [0.717, 1.165) is 41.9 Å². The first-order chi connectivity index (χ1) is 12.3. The molecule has 25 heavy (non-hydrogen) atoms. The Morgan fingerprint density at radius 2 is 2.08 bits per heavy atom. The monoisotopic (exact) mass is 352 g/mol. The largest absolute Gasteiger partial charge is 0.367 e. The lowest BCUT2D eigenvalue weighted by Gasteiger charge is -2.32. The number of aryl methyl sites for hydroxylation is 1. The van der Waals surface area contributed by atoms with E-state index in [1.165, 1.54) is 5.56 Å². The van der Waals surface area contributed by atoms with Crippen molar-refractivity contribution in [3.63, 3.8) is 0 Å². The molecule has 1 aliphatic rings. The van der Waals surface area contributed by atoms with E-state index >= 15 is 0 Å². The molecule has 1 saturated heterocycles. The van der Waals surface area contributed by atoms with Crippen molar-refractivity contribution < 1.29 is 4.74 Å². The van der Waals surface area contributed by atoms with E-state index in [0.29, 0.717) is 6.61 Å². The highest BCUT2D eigenvalue weighted by Crippen LogP contribution is 2.27. The summed E-state index contributed by atoms with van der Waals surface area (Å²) in [7, 11) is 0. The average molecular weight is 352 g/mol. The van der Waals surface area contributed by atoms with Gasteiger partial charge in [-0.2, -0.15) is 0 Å². The molecule has 0 spiro atoms. The number of rotatable bonds is 4. The lowest BCUT2D eigenvalue weighted by atomic mass is 10.1. The summed E-state index contributed by atoms with van der Waals surface area (Å²) in [6, 6.07) is 12.3. The second kappa shape index (κ2) is 7.29. The molecule has 1 aliphatic heterocycles. The SMILES string of the molecule is Cc1csc(C2CN(c3ccnc(Cc4ccccc4)n3)CCO2)n1. The molecule has 6 heteroatoms. The lowest BCUT2D eigenvalue weighted by molar-refractivity contribution is 0.0393. The minimum absolute atomic E-state index is 0.0139. The summed E-state index contributed by atoms with van der Waals surface area (Å²) in [5, 5.41) is 3.11. The summed E-state index contributed by atoms with van der Waals surface area (Å²) < 4.78 is 5.92. The Kier molecular flexibility index (Phi) is 4.72. The number of benzene rings is 1. The van der Waals surface area contributed by atoms with Crippen LogP contribution in [0.15, 0.2) is 48.0 Å². The smallest absolute Gasteiger partial charge is 0.135 e.